The molecule has 2 amide bonds. The molecule has 2 aromatic rings. The van der Waals surface area contributed by atoms with Crippen molar-refractivity contribution in [3.05, 3.63) is 69.8 Å². The van der Waals surface area contributed by atoms with Crippen molar-refractivity contribution < 1.29 is 9.59 Å². The van der Waals surface area contributed by atoms with Crippen LogP contribution in [0, 0.1) is 0 Å². The van der Waals surface area contributed by atoms with Gasteiger partial charge in [0, 0.05) is 6.20 Å². The predicted octanol–water partition coefficient (Wildman–Crippen LogP) is 3.28. The lowest BCUT2D eigenvalue weighted by atomic mass is 10.2. The van der Waals surface area contributed by atoms with Gasteiger partial charge in [-0.15, -0.1) is 0 Å². The number of rotatable bonds is 3. The maximum absolute atomic E-state index is 12.4. The average molecular weight is 376 g/mol. The van der Waals surface area contributed by atoms with Crippen LogP contribution in [0.3, 0.4) is 0 Å². The van der Waals surface area contributed by atoms with Gasteiger partial charge in [-0.3, -0.25) is 20.0 Å². The minimum Gasteiger partial charge on any atom is -0.267 e. The summed E-state index contributed by atoms with van der Waals surface area (Å²) in [6.45, 7) is 0. The number of hydrogen-bond acceptors (Lipinski definition) is 5. The van der Waals surface area contributed by atoms with E-state index in [9.17, 15) is 9.59 Å². The highest BCUT2D eigenvalue weighted by molar-refractivity contribution is 8.26. The lowest BCUT2D eigenvalue weighted by Gasteiger charge is -2.16. The van der Waals surface area contributed by atoms with Crippen LogP contribution in [0.4, 0.5) is 0 Å². The van der Waals surface area contributed by atoms with Crippen LogP contribution in [0.2, 0.25) is 5.02 Å². The molecule has 1 aromatic heterocycles. The van der Waals surface area contributed by atoms with Gasteiger partial charge in [0.15, 0.2) is 4.32 Å². The molecule has 3 rings (SSSR count). The Labute approximate surface area is 152 Å². The summed E-state index contributed by atoms with van der Waals surface area (Å²) in [5.41, 5.74) is 3.39. The van der Waals surface area contributed by atoms with Gasteiger partial charge in [0.1, 0.15) is 0 Å². The third kappa shape index (κ3) is 3.48. The van der Waals surface area contributed by atoms with Crippen LogP contribution in [0.1, 0.15) is 16.1 Å². The van der Waals surface area contributed by atoms with Gasteiger partial charge in [-0.05, 0) is 42.6 Å². The number of carbonyl (C=O) groups excluding carboxylic acids is 2. The Morgan fingerprint density at radius 1 is 1.25 bits per heavy atom. The molecule has 1 aliphatic heterocycles. The second kappa shape index (κ2) is 7.12. The largest absolute Gasteiger partial charge is 0.285 e. The number of thiocarbonyl (C=S) groups is 1. The van der Waals surface area contributed by atoms with Crippen molar-refractivity contribution in [2.45, 2.75) is 0 Å². The minimum atomic E-state index is -0.504. The van der Waals surface area contributed by atoms with E-state index in [1.807, 2.05) is 6.07 Å². The van der Waals surface area contributed by atoms with E-state index in [1.165, 1.54) is 0 Å². The lowest BCUT2D eigenvalue weighted by Crippen LogP contribution is -2.44. The normalized spacial score (nSPS) is 15.9. The van der Waals surface area contributed by atoms with E-state index in [0.717, 1.165) is 16.8 Å². The molecule has 120 valence electrons. The van der Waals surface area contributed by atoms with Crippen molar-refractivity contribution in [2.75, 3.05) is 0 Å². The number of nitrogens with zero attached hydrogens (tertiary/aromatic N) is 2. The van der Waals surface area contributed by atoms with Gasteiger partial charge in [-0.2, -0.15) is 5.01 Å². The smallest absolute Gasteiger partial charge is 0.267 e. The van der Waals surface area contributed by atoms with Gasteiger partial charge in [0.2, 0.25) is 0 Å². The maximum atomic E-state index is 12.4. The molecule has 0 saturated carbocycles. The van der Waals surface area contributed by atoms with Gasteiger partial charge < -0.3 is 0 Å². The van der Waals surface area contributed by atoms with E-state index in [4.69, 9.17) is 23.8 Å². The molecule has 2 heterocycles. The van der Waals surface area contributed by atoms with E-state index < -0.39 is 11.8 Å². The number of nitrogens with one attached hydrogen (secondary N) is 1. The van der Waals surface area contributed by atoms with Crippen molar-refractivity contribution in [1.29, 1.82) is 0 Å². The van der Waals surface area contributed by atoms with Gasteiger partial charge in [0.05, 0.1) is 21.2 Å². The van der Waals surface area contributed by atoms with Gasteiger partial charge >= 0.3 is 0 Å². The molecular weight excluding hydrogens is 366 g/mol. The molecule has 0 bridgehead atoms. The molecule has 1 aromatic carbocycles. The number of pyridine rings is 1. The predicted molar refractivity (Wildman–Crippen MR) is 98.2 cm³/mol. The number of halogens is 1. The summed E-state index contributed by atoms with van der Waals surface area (Å²) in [5.74, 6) is -0.910. The Balaban J connectivity index is 1.79. The maximum Gasteiger partial charge on any atom is 0.285 e. The van der Waals surface area contributed by atoms with E-state index in [-0.39, 0.29) is 9.88 Å². The Bertz CT molecular complexity index is 855. The third-order valence-corrected chi connectivity index (χ3v) is 4.72. The highest BCUT2D eigenvalue weighted by Crippen LogP contribution is 2.31. The number of carbonyl (C=O) groups is 2. The van der Waals surface area contributed by atoms with E-state index in [2.05, 4.69) is 10.4 Å². The summed E-state index contributed by atoms with van der Waals surface area (Å²) in [4.78, 5) is 29.3. The van der Waals surface area contributed by atoms with Crippen LogP contribution in [0.15, 0.2) is 53.6 Å². The first-order valence-corrected chi connectivity index (χ1v) is 8.41. The van der Waals surface area contributed by atoms with Crippen molar-refractivity contribution in [3.63, 3.8) is 0 Å². The first kappa shape index (κ1) is 16.6. The molecule has 5 nitrogen and oxygen atoms in total. The number of benzene rings is 1. The zero-order valence-electron chi connectivity index (χ0n) is 12.1. The molecule has 0 aliphatic carbocycles. The Hall–Kier alpha value is -2.22. The number of aromatic nitrogens is 1. The quantitative estimate of drug-likeness (QED) is 0.659. The molecule has 0 spiro atoms. The van der Waals surface area contributed by atoms with Crippen LogP contribution >= 0.6 is 35.6 Å². The molecule has 8 heteroatoms. The summed E-state index contributed by atoms with van der Waals surface area (Å²) < 4.78 is 0.239. The second-order valence-electron chi connectivity index (χ2n) is 4.69. The zero-order valence-corrected chi connectivity index (χ0v) is 14.5. The molecule has 1 fully saturated rings. The molecule has 0 radical (unpaired) electrons. The Morgan fingerprint density at radius 2 is 2.00 bits per heavy atom. The number of amides is 2. The Morgan fingerprint density at radius 3 is 2.71 bits per heavy atom. The van der Waals surface area contributed by atoms with Crippen molar-refractivity contribution in [1.82, 2.24) is 15.4 Å². The molecule has 0 unspecified atom stereocenters. The van der Waals surface area contributed by atoms with Crippen molar-refractivity contribution in [2.24, 2.45) is 0 Å². The van der Waals surface area contributed by atoms with E-state index in [1.54, 1.807) is 48.7 Å². The van der Waals surface area contributed by atoms with Crippen LogP contribution < -0.4 is 5.43 Å². The highest BCUT2D eigenvalue weighted by atomic mass is 35.5. The van der Waals surface area contributed by atoms with E-state index in [0.29, 0.717) is 15.6 Å². The highest BCUT2D eigenvalue weighted by Gasteiger charge is 2.34. The average Bonchev–Trinajstić information content (AvgIpc) is 2.83. The molecule has 1 N–H and O–H groups in total. The van der Waals surface area contributed by atoms with Crippen molar-refractivity contribution >= 4 is 57.8 Å². The minimum absolute atomic E-state index is 0.239. The first-order valence-electron chi connectivity index (χ1n) is 6.81. The monoisotopic (exact) mass is 375 g/mol. The fourth-order valence-corrected chi connectivity index (χ4v) is 3.35. The van der Waals surface area contributed by atoms with Gasteiger partial charge in [-0.25, -0.2) is 0 Å². The van der Waals surface area contributed by atoms with E-state index >= 15 is 0 Å². The van der Waals surface area contributed by atoms with Gasteiger partial charge in [0.25, 0.3) is 11.8 Å². The summed E-state index contributed by atoms with van der Waals surface area (Å²) in [5, 5.41) is 1.34. The fraction of sp³-hybridized carbons (Fsp3) is 0. The second-order valence-corrected chi connectivity index (χ2v) is 6.78. The molecule has 1 aliphatic rings. The summed E-state index contributed by atoms with van der Waals surface area (Å²) >= 11 is 12.3. The van der Waals surface area contributed by atoms with Crippen LogP contribution in [0.5, 0.6) is 0 Å². The summed E-state index contributed by atoms with van der Waals surface area (Å²) in [6.07, 6.45) is 3.26. The standard InChI is InChI=1S/C16H10ClN3O2S2/c17-12-7-2-1-6-11(12)14(21)19-20-15(22)13(24-16(20)23)9-10-5-3-4-8-18-10/h1-9H,(H,19,21)/b13-9-. The lowest BCUT2D eigenvalue weighted by molar-refractivity contribution is -0.123. The SMILES string of the molecule is O=C(NN1C(=O)/C(=C/c2ccccn2)SC1=S)c1ccccc1Cl. The van der Waals surface area contributed by atoms with Crippen LogP contribution in [0.25, 0.3) is 6.08 Å². The number of hydrazine groups is 1. The van der Waals surface area contributed by atoms with Gasteiger partial charge in [-0.1, -0.05) is 41.6 Å². The van der Waals surface area contributed by atoms with Crippen LogP contribution in [-0.2, 0) is 4.79 Å². The number of thioether (sulfide) groups is 1. The van der Waals surface area contributed by atoms with Crippen molar-refractivity contribution in [3.8, 4) is 0 Å². The van der Waals surface area contributed by atoms with Crippen LogP contribution in [-0.4, -0.2) is 26.1 Å². The third-order valence-electron chi connectivity index (χ3n) is 3.09. The topological polar surface area (TPSA) is 62.3 Å². The fourth-order valence-electron chi connectivity index (χ4n) is 1.97. The molecule has 0 atom stereocenters. The Kier molecular flexibility index (Phi) is 4.94. The summed E-state index contributed by atoms with van der Waals surface area (Å²) in [7, 11) is 0. The molecular formula is C16H10ClN3O2S2. The summed E-state index contributed by atoms with van der Waals surface area (Å²) in [6, 6.07) is 11.9. The number of hydrogen-bond donors (Lipinski definition) is 1. The zero-order chi connectivity index (χ0) is 17.1. The molecule has 1 saturated heterocycles. The first-order chi connectivity index (χ1) is 11.6. The molecule has 24 heavy (non-hydrogen) atoms.